The Morgan fingerprint density at radius 2 is 1.52 bits per heavy atom. The average Bonchev–Trinajstić information content (AvgIpc) is 2.97. The summed E-state index contributed by atoms with van der Waals surface area (Å²) in [7, 11) is 0. The minimum absolute atomic E-state index is 0.0226. The average molecular weight is 455 g/mol. The fourth-order valence-corrected chi connectivity index (χ4v) is 3.65. The van der Waals surface area contributed by atoms with Crippen LogP contribution in [0.15, 0.2) is 72.4 Å². The van der Waals surface area contributed by atoms with E-state index in [4.69, 9.17) is 23.2 Å². The van der Waals surface area contributed by atoms with Crippen molar-refractivity contribution in [1.29, 1.82) is 0 Å². The van der Waals surface area contributed by atoms with Gasteiger partial charge in [-0.15, -0.1) is 0 Å². The molecule has 1 N–H and O–H groups in total. The van der Waals surface area contributed by atoms with Crippen molar-refractivity contribution in [2.45, 2.75) is 13.5 Å². The molecule has 0 saturated heterocycles. The molecule has 0 spiro atoms. The summed E-state index contributed by atoms with van der Waals surface area (Å²) in [6, 6.07) is 17.7. The maximum absolute atomic E-state index is 13.3. The van der Waals surface area contributed by atoms with Gasteiger partial charge in [0.15, 0.2) is 0 Å². The monoisotopic (exact) mass is 454 g/mol. The first kappa shape index (κ1) is 21.1. The highest BCUT2D eigenvalue weighted by Crippen LogP contribution is 2.33. The smallest absolute Gasteiger partial charge is 0.278 e. The molecule has 0 unspecified atom stereocenters. The van der Waals surface area contributed by atoms with E-state index in [1.165, 1.54) is 12.1 Å². The Morgan fingerprint density at radius 1 is 0.871 bits per heavy atom. The fourth-order valence-electron chi connectivity index (χ4n) is 3.36. The van der Waals surface area contributed by atoms with E-state index >= 15 is 0 Å². The van der Waals surface area contributed by atoms with E-state index in [9.17, 15) is 14.0 Å². The standard InChI is InChI=1S/C24H17Cl2FN2O2/c1-14-2-7-18(26)12-20(14)28-22-21(16-5-8-17(25)9-6-16)23(30)29(24(22)31)13-15-3-10-19(27)11-4-15/h2-12,28H,13H2,1H3. The van der Waals surface area contributed by atoms with Crippen molar-refractivity contribution in [3.05, 3.63) is 105 Å². The normalized spacial score (nSPS) is 13.9. The molecule has 0 aromatic heterocycles. The summed E-state index contributed by atoms with van der Waals surface area (Å²) < 4.78 is 13.3. The van der Waals surface area contributed by atoms with Gasteiger partial charge in [0.1, 0.15) is 11.5 Å². The predicted octanol–water partition coefficient (Wildman–Crippen LogP) is 5.83. The largest absolute Gasteiger partial charge is 0.350 e. The molecule has 4 nitrogen and oxygen atoms in total. The van der Waals surface area contributed by atoms with Crippen LogP contribution < -0.4 is 5.32 Å². The lowest BCUT2D eigenvalue weighted by Gasteiger charge is -2.16. The van der Waals surface area contributed by atoms with Gasteiger partial charge < -0.3 is 5.32 Å². The van der Waals surface area contributed by atoms with Crippen LogP contribution in [0.4, 0.5) is 10.1 Å². The molecule has 1 aliphatic heterocycles. The van der Waals surface area contributed by atoms with Crippen LogP contribution in [-0.2, 0) is 16.1 Å². The number of carbonyl (C=O) groups is 2. The van der Waals surface area contributed by atoms with Crippen LogP contribution in [0.2, 0.25) is 10.0 Å². The first-order valence-electron chi connectivity index (χ1n) is 9.47. The molecule has 1 heterocycles. The van der Waals surface area contributed by atoms with Gasteiger partial charge in [-0.3, -0.25) is 14.5 Å². The van der Waals surface area contributed by atoms with Crippen LogP contribution in [-0.4, -0.2) is 16.7 Å². The Bertz CT molecular complexity index is 1210. The minimum atomic E-state index is -0.473. The van der Waals surface area contributed by atoms with Gasteiger partial charge in [-0.2, -0.15) is 0 Å². The quantitative estimate of drug-likeness (QED) is 0.493. The van der Waals surface area contributed by atoms with Crippen LogP contribution in [0.25, 0.3) is 5.57 Å². The number of nitrogens with one attached hydrogen (secondary N) is 1. The van der Waals surface area contributed by atoms with Crippen molar-refractivity contribution in [2.75, 3.05) is 5.32 Å². The first-order chi connectivity index (χ1) is 14.8. The molecular formula is C24H17Cl2FN2O2. The zero-order chi connectivity index (χ0) is 22.1. The lowest BCUT2D eigenvalue weighted by molar-refractivity contribution is -0.137. The number of halogens is 3. The molecule has 31 heavy (non-hydrogen) atoms. The van der Waals surface area contributed by atoms with E-state index in [2.05, 4.69) is 5.32 Å². The number of rotatable bonds is 5. The van der Waals surface area contributed by atoms with Gasteiger partial charge in [0, 0.05) is 15.7 Å². The number of anilines is 1. The van der Waals surface area contributed by atoms with Crippen molar-refractivity contribution >= 4 is 46.3 Å². The first-order valence-corrected chi connectivity index (χ1v) is 10.2. The van der Waals surface area contributed by atoms with Crippen LogP contribution in [0, 0.1) is 12.7 Å². The summed E-state index contributed by atoms with van der Waals surface area (Å²) in [6.45, 7) is 1.90. The summed E-state index contributed by atoms with van der Waals surface area (Å²) in [5.41, 5.74) is 3.08. The van der Waals surface area contributed by atoms with Gasteiger partial charge in [-0.25, -0.2) is 4.39 Å². The summed E-state index contributed by atoms with van der Waals surface area (Å²) in [6.07, 6.45) is 0. The molecule has 3 aromatic carbocycles. The topological polar surface area (TPSA) is 49.4 Å². The number of imide groups is 1. The maximum Gasteiger partial charge on any atom is 0.278 e. The predicted molar refractivity (Wildman–Crippen MR) is 120 cm³/mol. The lowest BCUT2D eigenvalue weighted by atomic mass is 10.0. The fraction of sp³-hybridized carbons (Fsp3) is 0.0833. The molecule has 0 saturated carbocycles. The van der Waals surface area contributed by atoms with Crippen molar-refractivity contribution < 1.29 is 14.0 Å². The maximum atomic E-state index is 13.3. The van der Waals surface area contributed by atoms with Crippen molar-refractivity contribution in [2.24, 2.45) is 0 Å². The lowest BCUT2D eigenvalue weighted by Crippen LogP contribution is -2.32. The van der Waals surface area contributed by atoms with E-state index in [1.54, 1.807) is 48.5 Å². The number of hydrogen-bond acceptors (Lipinski definition) is 3. The Morgan fingerprint density at radius 3 is 2.19 bits per heavy atom. The number of amides is 2. The second-order valence-electron chi connectivity index (χ2n) is 7.16. The Hall–Kier alpha value is -3.15. The summed E-state index contributed by atoms with van der Waals surface area (Å²) in [4.78, 5) is 27.7. The zero-order valence-corrected chi connectivity index (χ0v) is 18.0. The van der Waals surface area contributed by atoms with Gasteiger partial charge in [0.2, 0.25) is 0 Å². The van der Waals surface area contributed by atoms with E-state index in [0.717, 1.165) is 10.5 Å². The molecule has 0 bridgehead atoms. The Kier molecular flexibility index (Phi) is 5.81. The number of nitrogens with zero attached hydrogens (tertiary/aromatic N) is 1. The highest BCUT2D eigenvalue weighted by Gasteiger charge is 2.39. The van der Waals surface area contributed by atoms with Crippen molar-refractivity contribution in [3.63, 3.8) is 0 Å². The highest BCUT2D eigenvalue weighted by atomic mass is 35.5. The third-order valence-corrected chi connectivity index (χ3v) is 5.50. The minimum Gasteiger partial charge on any atom is -0.350 e. The number of hydrogen-bond donors (Lipinski definition) is 1. The number of aryl methyl sites for hydroxylation is 1. The van der Waals surface area contributed by atoms with Crippen LogP contribution in [0.3, 0.4) is 0 Å². The summed E-state index contributed by atoms with van der Waals surface area (Å²) in [5, 5.41) is 4.13. The molecule has 156 valence electrons. The van der Waals surface area contributed by atoms with E-state index in [1.807, 2.05) is 13.0 Å². The van der Waals surface area contributed by atoms with E-state index in [-0.39, 0.29) is 23.6 Å². The SMILES string of the molecule is Cc1ccc(Cl)cc1NC1=C(c2ccc(Cl)cc2)C(=O)N(Cc2ccc(F)cc2)C1=O. The second kappa shape index (κ2) is 8.53. The van der Waals surface area contributed by atoms with Gasteiger partial charge in [0.05, 0.1) is 12.1 Å². The molecule has 1 aliphatic rings. The molecule has 0 atom stereocenters. The number of benzene rings is 3. The zero-order valence-electron chi connectivity index (χ0n) is 16.5. The van der Waals surface area contributed by atoms with E-state index in [0.29, 0.717) is 26.9 Å². The molecule has 0 fully saturated rings. The molecule has 3 aromatic rings. The summed E-state index contributed by atoms with van der Waals surface area (Å²) >= 11 is 12.1. The van der Waals surface area contributed by atoms with Crippen molar-refractivity contribution in [1.82, 2.24) is 4.90 Å². The van der Waals surface area contributed by atoms with Gasteiger partial charge in [0.25, 0.3) is 11.8 Å². The van der Waals surface area contributed by atoms with Gasteiger partial charge in [-0.1, -0.05) is 53.5 Å². The molecule has 0 radical (unpaired) electrons. The molecule has 7 heteroatoms. The van der Waals surface area contributed by atoms with Crippen LogP contribution in [0.1, 0.15) is 16.7 Å². The third-order valence-electron chi connectivity index (χ3n) is 5.01. The third kappa shape index (κ3) is 4.33. The molecular weight excluding hydrogens is 438 g/mol. The molecule has 2 amide bonds. The number of carbonyl (C=O) groups excluding carboxylic acids is 2. The Balaban J connectivity index is 1.76. The van der Waals surface area contributed by atoms with Crippen LogP contribution >= 0.6 is 23.2 Å². The van der Waals surface area contributed by atoms with Gasteiger partial charge in [-0.05, 0) is 60.0 Å². The molecule has 0 aliphatic carbocycles. The van der Waals surface area contributed by atoms with Gasteiger partial charge >= 0.3 is 0 Å². The summed E-state index contributed by atoms with van der Waals surface area (Å²) in [5.74, 6) is -1.31. The molecule has 4 rings (SSSR count). The van der Waals surface area contributed by atoms with Crippen LogP contribution in [0.5, 0.6) is 0 Å². The highest BCUT2D eigenvalue weighted by molar-refractivity contribution is 6.37. The van der Waals surface area contributed by atoms with E-state index < -0.39 is 11.8 Å². The Labute approximate surface area is 188 Å². The van der Waals surface area contributed by atoms with Crippen molar-refractivity contribution in [3.8, 4) is 0 Å². The second-order valence-corrected chi connectivity index (χ2v) is 8.04.